The lowest BCUT2D eigenvalue weighted by atomic mass is 10.0. The molecule has 14 heavy (non-hydrogen) atoms. The molecule has 0 aromatic heterocycles. The highest BCUT2D eigenvalue weighted by atomic mass is 79.9. The maximum absolute atomic E-state index is 8.90. The molecule has 1 aromatic rings. The van der Waals surface area contributed by atoms with E-state index in [1.54, 1.807) is 0 Å². The second-order valence-corrected chi connectivity index (χ2v) is 4.22. The predicted molar refractivity (Wildman–Crippen MR) is 62.4 cm³/mol. The first-order chi connectivity index (χ1) is 6.69. The van der Waals surface area contributed by atoms with Gasteiger partial charge in [0.05, 0.1) is 0 Å². The number of halogens is 1. The van der Waals surface area contributed by atoms with Crippen LogP contribution in [0.5, 0.6) is 0 Å². The molecule has 0 amide bonds. The smallest absolute Gasteiger partial charge is 0.0449 e. The third kappa shape index (κ3) is 2.80. The number of aliphatic hydroxyl groups is 1. The highest BCUT2D eigenvalue weighted by molar-refractivity contribution is 9.10. The van der Waals surface area contributed by atoms with Crippen molar-refractivity contribution in [2.45, 2.75) is 19.4 Å². The lowest BCUT2D eigenvalue weighted by Crippen LogP contribution is -2.17. The van der Waals surface area contributed by atoms with Crippen molar-refractivity contribution < 1.29 is 5.11 Å². The summed E-state index contributed by atoms with van der Waals surface area (Å²) >= 11 is 3.47. The molecule has 1 aromatic carbocycles. The Balaban J connectivity index is 2.88. The molecule has 0 bridgehead atoms. The van der Waals surface area contributed by atoms with Crippen LogP contribution in [0, 0.1) is 6.92 Å². The normalized spacial score (nSPS) is 12.9. The lowest BCUT2D eigenvalue weighted by Gasteiger charge is -2.16. The van der Waals surface area contributed by atoms with Crippen molar-refractivity contribution >= 4 is 15.9 Å². The fraction of sp³-hybridized carbons (Fsp3) is 0.455. The van der Waals surface area contributed by atoms with Crippen molar-refractivity contribution in [3.05, 3.63) is 33.8 Å². The van der Waals surface area contributed by atoms with E-state index in [9.17, 15) is 0 Å². The maximum Gasteiger partial charge on any atom is 0.0449 e. The molecule has 3 heteroatoms. The van der Waals surface area contributed by atoms with Gasteiger partial charge in [-0.1, -0.05) is 28.1 Å². The lowest BCUT2D eigenvalue weighted by molar-refractivity contribution is 0.269. The van der Waals surface area contributed by atoms with Crippen LogP contribution in [-0.2, 0) is 0 Å². The first kappa shape index (κ1) is 11.7. The van der Waals surface area contributed by atoms with Crippen molar-refractivity contribution in [1.29, 1.82) is 0 Å². The highest BCUT2D eigenvalue weighted by Gasteiger charge is 2.08. The van der Waals surface area contributed by atoms with Gasteiger partial charge in [-0.15, -0.1) is 0 Å². The van der Waals surface area contributed by atoms with Gasteiger partial charge in [-0.05, 0) is 37.6 Å². The summed E-state index contributed by atoms with van der Waals surface area (Å²) in [6, 6.07) is 6.51. The van der Waals surface area contributed by atoms with Gasteiger partial charge in [0.15, 0.2) is 0 Å². The second-order valence-electron chi connectivity index (χ2n) is 3.36. The molecule has 0 aliphatic rings. The fourth-order valence-corrected chi connectivity index (χ4v) is 1.74. The van der Waals surface area contributed by atoms with E-state index < -0.39 is 0 Å². The number of aryl methyl sites for hydroxylation is 1. The molecule has 1 rings (SSSR count). The van der Waals surface area contributed by atoms with Crippen molar-refractivity contribution in [2.75, 3.05) is 13.7 Å². The van der Waals surface area contributed by atoms with E-state index in [2.05, 4.69) is 40.3 Å². The number of hydrogen-bond donors (Lipinski definition) is 2. The Bertz CT molecular complexity index is 301. The zero-order valence-corrected chi connectivity index (χ0v) is 10.1. The van der Waals surface area contributed by atoms with Gasteiger partial charge in [0.2, 0.25) is 0 Å². The predicted octanol–water partition coefficient (Wildman–Crippen LogP) is 2.40. The van der Waals surface area contributed by atoms with Gasteiger partial charge in [-0.3, -0.25) is 0 Å². The third-order valence-electron chi connectivity index (χ3n) is 2.35. The summed E-state index contributed by atoms with van der Waals surface area (Å²) in [6.45, 7) is 2.28. The molecule has 0 saturated carbocycles. The SMILES string of the molecule is CNC(CCO)c1ccc(Br)c(C)c1. The van der Waals surface area contributed by atoms with E-state index in [1.807, 2.05) is 13.1 Å². The Morgan fingerprint density at radius 3 is 2.71 bits per heavy atom. The molecule has 1 atom stereocenters. The molecule has 2 N–H and O–H groups in total. The minimum absolute atomic E-state index is 0.209. The molecule has 0 fully saturated rings. The van der Waals surface area contributed by atoms with E-state index in [4.69, 9.17) is 5.11 Å². The molecule has 0 spiro atoms. The Labute approximate surface area is 93.5 Å². The molecule has 2 nitrogen and oxygen atoms in total. The Kier molecular flexibility index (Phi) is 4.58. The van der Waals surface area contributed by atoms with Gasteiger partial charge in [0, 0.05) is 17.1 Å². The van der Waals surface area contributed by atoms with Crippen LogP contribution < -0.4 is 5.32 Å². The minimum atomic E-state index is 0.209. The average molecular weight is 258 g/mol. The monoisotopic (exact) mass is 257 g/mol. The van der Waals surface area contributed by atoms with E-state index in [0.717, 1.165) is 10.9 Å². The molecule has 78 valence electrons. The van der Waals surface area contributed by atoms with E-state index in [1.165, 1.54) is 11.1 Å². The molecule has 0 aliphatic heterocycles. The van der Waals surface area contributed by atoms with Crippen molar-refractivity contribution in [2.24, 2.45) is 0 Å². The van der Waals surface area contributed by atoms with Gasteiger partial charge in [-0.2, -0.15) is 0 Å². The van der Waals surface area contributed by atoms with Crippen LogP contribution >= 0.6 is 15.9 Å². The van der Waals surface area contributed by atoms with Crippen molar-refractivity contribution in [3.8, 4) is 0 Å². The molecule has 0 heterocycles. The van der Waals surface area contributed by atoms with Crippen LogP contribution in [0.3, 0.4) is 0 Å². The Morgan fingerprint density at radius 2 is 2.21 bits per heavy atom. The van der Waals surface area contributed by atoms with Crippen LogP contribution in [0.4, 0.5) is 0 Å². The summed E-state index contributed by atoms with van der Waals surface area (Å²) in [5, 5.41) is 12.1. The van der Waals surface area contributed by atoms with Crippen LogP contribution in [0.2, 0.25) is 0 Å². The molecular formula is C11H16BrNO. The Hall–Kier alpha value is -0.380. The summed E-state index contributed by atoms with van der Waals surface area (Å²) in [6.07, 6.45) is 0.748. The Morgan fingerprint density at radius 1 is 1.50 bits per heavy atom. The molecule has 0 saturated heterocycles. The summed E-state index contributed by atoms with van der Waals surface area (Å²) in [5.41, 5.74) is 2.45. The van der Waals surface area contributed by atoms with Crippen LogP contribution in [0.25, 0.3) is 0 Å². The van der Waals surface area contributed by atoms with Crippen molar-refractivity contribution in [1.82, 2.24) is 5.32 Å². The number of benzene rings is 1. The van der Waals surface area contributed by atoms with Crippen LogP contribution in [0.15, 0.2) is 22.7 Å². The number of aliphatic hydroxyl groups excluding tert-OH is 1. The highest BCUT2D eigenvalue weighted by Crippen LogP contribution is 2.22. The summed E-state index contributed by atoms with van der Waals surface area (Å²) < 4.78 is 1.13. The first-order valence-electron chi connectivity index (χ1n) is 4.73. The molecular weight excluding hydrogens is 242 g/mol. The van der Waals surface area contributed by atoms with Gasteiger partial charge < -0.3 is 10.4 Å². The molecule has 0 radical (unpaired) electrons. The van der Waals surface area contributed by atoms with E-state index in [0.29, 0.717) is 0 Å². The zero-order chi connectivity index (χ0) is 10.6. The van der Waals surface area contributed by atoms with Crippen LogP contribution in [-0.4, -0.2) is 18.8 Å². The summed E-state index contributed by atoms with van der Waals surface area (Å²) in [4.78, 5) is 0. The third-order valence-corrected chi connectivity index (χ3v) is 3.24. The van der Waals surface area contributed by atoms with E-state index >= 15 is 0 Å². The summed E-state index contributed by atoms with van der Waals surface area (Å²) in [5.74, 6) is 0. The van der Waals surface area contributed by atoms with Gasteiger partial charge in [-0.25, -0.2) is 0 Å². The molecule has 0 aliphatic carbocycles. The minimum Gasteiger partial charge on any atom is -0.396 e. The summed E-state index contributed by atoms with van der Waals surface area (Å²) in [7, 11) is 1.91. The standard InChI is InChI=1S/C11H16BrNO/c1-8-7-9(3-4-10(8)12)11(13-2)5-6-14/h3-4,7,11,13-14H,5-6H2,1-2H3. The maximum atomic E-state index is 8.90. The molecule has 1 unspecified atom stereocenters. The number of hydrogen-bond acceptors (Lipinski definition) is 2. The van der Waals surface area contributed by atoms with Gasteiger partial charge in [0.1, 0.15) is 0 Å². The first-order valence-corrected chi connectivity index (χ1v) is 5.52. The fourth-order valence-electron chi connectivity index (χ4n) is 1.49. The van der Waals surface area contributed by atoms with E-state index in [-0.39, 0.29) is 12.6 Å². The average Bonchev–Trinajstić information content (AvgIpc) is 2.19. The van der Waals surface area contributed by atoms with Crippen LogP contribution in [0.1, 0.15) is 23.6 Å². The van der Waals surface area contributed by atoms with Crippen molar-refractivity contribution in [3.63, 3.8) is 0 Å². The number of rotatable bonds is 4. The van der Waals surface area contributed by atoms with Gasteiger partial charge >= 0.3 is 0 Å². The largest absolute Gasteiger partial charge is 0.396 e. The number of nitrogens with one attached hydrogen (secondary N) is 1. The zero-order valence-electron chi connectivity index (χ0n) is 8.55. The van der Waals surface area contributed by atoms with Gasteiger partial charge in [0.25, 0.3) is 0 Å². The quantitative estimate of drug-likeness (QED) is 0.869. The topological polar surface area (TPSA) is 32.3 Å². The second kappa shape index (κ2) is 5.49.